The molecule has 6 heteroatoms. The highest BCUT2D eigenvalue weighted by atomic mass is 35.5. The van der Waals surface area contributed by atoms with Crippen LogP contribution >= 0.6 is 11.6 Å². The number of carbonyl (C=O) groups excluding carboxylic acids is 1. The molecule has 5 nitrogen and oxygen atoms in total. The number of hydrogen-bond donors (Lipinski definition) is 0. The van der Waals surface area contributed by atoms with Gasteiger partial charge in [0.15, 0.2) is 12.0 Å². The van der Waals surface area contributed by atoms with Gasteiger partial charge in [-0.25, -0.2) is 9.97 Å². The van der Waals surface area contributed by atoms with Crippen molar-refractivity contribution in [2.24, 2.45) is 0 Å². The number of aromatic nitrogens is 3. The molecule has 0 aliphatic carbocycles. The van der Waals surface area contributed by atoms with Crippen molar-refractivity contribution in [3.05, 3.63) is 53.4 Å². The van der Waals surface area contributed by atoms with E-state index < -0.39 is 0 Å². The molecular weight excluding hydrogens is 338 g/mol. The third-order valence-electron chi connectivity index (χ3n) is 4.24. The van der Waals surface area contributed by atoms with Crippen molar-refractivity contribution in [2.75, 3.05) is 0 Å². The smallest absolute Gasteiger partial charge is 0.182 e. The second-order valence-corrected chi connectivity index (χ2v) is 6.27. The summed E-state index contributed by atoms with van der Waals surface area (Å²) in [5.74, 6) is 0. The molecule has 0 aliphatic heterocycles. The summed E-state index contributed by atoms with van der Waals surface area (Å²) in [7, 11) is 0. The quantitative estimate of drug-likeness (QED) is 0.399. The van der Waals surface area contributed by atoms with Crippen molar-refractivity contribution in [2.45, 2.75) is 19.8 Å². The molecule has 0 unspecified atom stereocenters. The maximum atomic E-state index is 10.6. The van der Waals surface area contributed by atoms with Crippen LogP contribution in [0, 0.1) is 6.92 Å². The fourth-order valence-electron chi connectivity index (χ4n) is 3.05. The van der Waals surface area contributed by atoms with Crippen LogP contribution in [-0.4, -0.2) is 21.2 Å². The minimum absolute atomic E-state index is 0.418. The van der Waals surface area contributed by atoms with Crippen molar-refractivity contribution < 1.29 is 9.21 Å². The van der Waals surface area contributed by atoms with Crippen molar-refractivity contribution in [3.63, 3.8) is 0 Å². The SMILES string of the molecule is Cc1cc(CCC=O)ncc1-c1cc2cnc(Cl)cc2c2ncoc12. The topological polar surface area (TPSA) is 68.9 Å². The number of hydrogen-bond acceptors (Lipinski definition) is 5. The lowest BCUT2D eigenvalue weighted by molar-refractivity contribution is -0.107. The van der Waals surface area contributed by atoms with Gasteiger partial charge in [0.1, 0.15) is 17.0 Å². The summed E-state index contributed by atoms with van der Waals surface area (Å²) in [6.07, 6.45) is 7.01. The van der Waals surface area contributed by atoms with Gasteiger partial charge in [-0.15, -0.1) is 0 Å². The first kappa shape index (κ1) is 15.7. The molecule has 1 aromatic carbocycles. The van der Waals surface area contributed by atoms with E-state index in [1.165, 1.54) is 6.39 Å². The Morgan fingerprint density at radius 1 is 1.12 bits per heavy atom. The number of benzene rings is 1. The first-order valence-electron chi connectivity index (χ1n) is 7.88. The highest BCUT2D eigenvalue weighted by Gasteiger charge is 2.15. The van der Waals surface area contributed by atoms with E-state index in [9.17, 15) is 4.79 Å². The predicted octanol–water partition coefficient (Wildman–Crippen LogP) is 4.53. The van der Waals surface area contributed by atoms with Crippen LogP contribution < -0.4 is 0 Å². The average Bonchev–Trinajstić information content (AvgIpc) is 3.10. The lowest BCUT2D eigenvalue weighted by Crippen LogP contribution is -1.95. The van der Waals surface area contributed by atoms with Crippen LogP contribution in [0.15, 0.2) is 41.4 Å². The van der Waals surface area contributed by atoms with Gasteiger partial charge >= 0.3 is 0 Å². The third kappa shape index (κ3) is 2.76. The Bertz CT molecular complexity index is 1100. The van der Waals surface area contributed by atoms with Crippen molar-refractivity contribution in [3.8, 4) is 11.1 Å². The number of aldehydes is 1. The van der Waals surface area contributed by atoms with Crippen LogP contribution in [0.3, 0.4) is 0 Å². The number of rotatable bonds is 4. The molecule has 0 spiro atoms. The maximum absolute atomic E-state index is 10.6. The zero-order valence-electron chi connectivity index (χ0n) is 13.5. The van der Waals surface area contributed by atoms with Gasteiger partial charge in [-0.05, 0) is 37.1 Å². The number of oxazole rings is 1. The molecule has 124 valence electrons. The highest BCUT2D eigenvalue weighted by Crippen LogP contribution is 2.36. The highest BCUT2D eigenvalue weighted by molar-refractivity contribution is 6.30. The summed E-state index contributed by atoms with van der Waals surface area (Å²) in [4.78, 5) is 23.5. The Hall–Kier alpha value is -2.79. The number of pyridine rings is 2. The van der Waals surface area contributed by atoms with E-state index in [0.29, 0.717) is 23.6 Å². The van der Waals surface area contributed by atoms with Crippen molar-refractivity contribution in [1.29, 1.82) is 0 Å². The molecular formula is C19H14ClN3O2. The average molecular weight is 352 g/mol. The van der Waals surface area contributed by atoms with E-state index in [1.807, 2.05) is 25.3 Å². The van der Waals surface area contributed by atoms with E-state index >= 15 is 0 Å². The molecule has 0 saturated heterocycles. The second kappa shape index (κ2) is 6.26. The zero-order chi connectivity index (χ0) is 17.4. The van der Waals surface area contributed by atoms with Gasteiger partial charge in [-0.2, -0.15) is 0 Å². The Morgan fingerprint density at radius 3 is 2.80 bits per heavy atom. The monoisotopic (exact) mass is 351 g/mol. The summed E-state index contributed by atoms with van der Waals surface area (Å²) < 4.78 is 5.65. The van der Waals surface area contributed by atoms with Gasteiger partial charge in [0.25, 0.3) is 0 Å². The summed E-state index contributed by atoms with van der Waals surface area (Å²) in [5.41, 5.74) is 5.29. The van der Waals surface area contributed by atoms with Crippen LogP contribution in [0.1, 0.15) is 17.7 Å². The number of nitrogens with zero attached hydrogens (tertiary/aromatic N) is 3. The van der Waals surface area contributed by atoms with Crippen LogP contribution in [0.2, 0.25) is 5.15 Å². The summed E-state index contributed by atoms with van der Waals surface area (Å²) in [6, 6.07) is 5.81. The first-order valence-corrected chi connectivity index (χ1v) is 8.26. The Kier molecular flexibility index (Phi) is 3.93. The normalized spacial score (nSPS) is 11.3. The number of aryl methyl sites for hydroxylation is 2. The van der Waals surface area contributed by atoms with Crippen molar-refractivity contribution in [1.82, 2.24) is 15.0 Å². The van der Waals surface area contributed by atoms with Gasteiger partial charge in [-0.1, -0.05) is 11.6 Å². The largest absolute Gasteiger partial charge is 0.443 e. The molecule has 3 aromatic heterocycles. The zero-order valence-corrected chi connectivity index (χ0v) is 14.2. The molecule has 25 heavy (non-hydrogen) atoms. The Balaban J connectivity index is 1.92. The molecule has 0 N–H and O–H groups in total. The molecule has 0 aliphatic rings. The minimum Gasteiger partial charge on any atom is -0.443 e. The number of halogens is 1. The minimum atomic E-state index is 0.418. The van der Waals surface area contributed by atoms with E-state index in [0.717, 1.165) is 45.0 Å². The van der Waals surface area contributed by atoms with E-state index in [2.05, 4.69) is 15.0 Å². The molecule has 0 amide bonds. The van der Waals surface area contributed by atoms with Gasteiger partial charge in [0.05, 0.1) is 0 Å². The van der Waals surface area contributed by atoms with Crippen LogP contribution in [0.4, 0.5) is 0 Å². The van der Waals surface area contributed by atoms with E-state index in [-0.39, 0.29) is 0 Å². The van der Waals surface area contributed by atoms with E-state index in [1.54, 1.807) is 12.3 Å². The summed E-state index contributed by atoms with van der Waals surface area (Å²) in [6.45, 7) is 2.02. The van der Waals surface area contributed by atoms with Crippen LogP contribution in [0.5, 0.6) is 0 Å². The lowest BCUT2D eigenvalue weighted by atomic mass is 9.98. The second-order valence-electron chi connectivity index (χ2n) is 5.88. The van der Waals surface area contributed by atoms with E-state index in [4.69, 9.17) is 16.0 Å². The molecule has 4 aromatic rings. The van der Waals surface area contributed by atoms with Gasteiger partial charge < -0.3 is 9.21 Å². The third-order valence-corrected chi connectivity index (χ3v) is 4.45. The lowest BCUT2D eigenvalue weighted by Gasteiger charge is -2.10. The van der Waals surface area contributed by atoms with Gasteiger partial charge in [-0.3, -0.25) is 4.98 Å². The first-order chi connectivity index (χ1) is 12.2. The number of carbonyl (C=O) groups is 1. The van der Waals surface area contributed by atoms with Gasteiger partial charge in [0.2, 0.25) is 0 Å². The summed E-state index contributed by atoms with van der Waals surface area (Å²) in [5, 5.41) is 2.26. The fraction of sp³-hybridized carbons (Fsp3) is 0.158. The standard InChI is InChI=1S/C19H14ClN3O2/c1-11-5-13(3-2-4-24)21-9-16(11)15-6-12-8-22-17(20)7-14(12)18-19(15)25-10-23-18/h4-10H,2-3H2,1H3. The fourth-order valence-corrected chi connectivity index (χ4v) is 3.21. The molecule has 0 fully saturated rings. The molecule has 3 heterocycles. The predicted molar refractivity (Wildman–Crippen MR) is 96.7 cm³/mol. The number of fused-ring (bicyclic) bond motifs is 3. The summed E-state index contributed by atoms with van der Waals surface area (Å²) >= 11 is 6.02. The molecule has 0 bridgehead atoms. The van der Waals surface area contributed by atoms with Crippen LogP contribution in [-0.2, 0) is 11.2 Å². The maximum Gasteiger partial charge on any atom is 0.182 e. The molecule has 0 radical (unpaired) electrons. The van der Waals surface area contributed by atoms with Crippen LogP contribution in [0.25, 0.3) is 33.0 Å². The van der Waals surface area contributed by atoms with Gasteiger partial charge in [0, 0.05) is 46.4 Å². The van der Waals surface area contributed by atoms with Crippen molar-refractivity contribution >= 4 is 39.8 Å². The Morgan fingerprint density at radius 2 is 2.00 bits per heavy atom. The molecule has 4 rings (SSSR count). The molecule has 0 atom stereocenters. The molecule has 0 saturated carbocycles. The Labute approximate surface area is 148 Å².